The molecule has 0 fully saturated rings. The van der Waals surface area contributed by atoms with Crippen LogP contribution in [0.3, 0.4) is 0 Å². The molecule has 0 unspecified atom stereocenters. The highest BCUT2D eigenvalue weighted by Crippen LogP contribution is 2.15. The van der Waals surface area contributed by atoms with Crippen LogP contribution in [0.5, 0.6) is 5.75 Å². The zero-order valence-corrected chi connectivity index (χ0v) is 12.6. The second-order valence-electron chi connectivity index (χ2n) is 4.94. The first-order valence-corrected chi connectivity index (χ1v) is 6.92. The van der Waals surface area contributed by atoms with Gasteiger partial charge in [0, 0.05) is 0 Å². The standard InChI is InChI=1S/C16H15N5O2/c1-3-8-20-13-9-18-15(17)19-14(13)21(16(20)22)10-11-4-6-12(23-2)7-5-11/h1,4-7,9H,8,10H2,2H3,(H2,17,18,19). The number of benzene rings is 1. The Morgan fingerprint density at radius 1 is 1.30 bits per heavy atom. The van der Waals surface area contributed by atoms with Gasteiger partial charge in [-0.25, -0.2) is 9.78 Å². The molecule has 0 aliphatic heterocycles. The Morgan fingerprint density at radius 3 is 2.70 bits per heavy atom. The molecule has 23 heavy (non-hydrogen) atoms. The summed E-state index contributed by atoms with van der Waals surface area (Å²) in [5.74, 6) is 3.33. The molecular weight excluding hydrogens is 294 g/mol. The molecule has 3 aromatic rings. The summed E-state index contributed by atoms with van der Waals surface area (Å²) in [5.41, 5.74) is 7.38. The molecule has 0 radical (unpaired) electrons. The number of methoxy groups -OCH3 is 1. The molecule has 0 saturated carbocycles. The summed E-state index contributed by atoms with van der Waals surface area (Å²) in [4.78, 5) is 20.7. The van der Waals surface area contributed by atoms with E-state index in [9.17, 15) is 4.79 Å². The quantitative estimate of drug-likeness (QED) is 0.722. The second kappa shape index (κ2) is 5.85. The zero-order chi connectivity index (χ0) is 16.4. The van der Waals surface area contributed by atoms with Crippen molar-refractivity contribution in [3.63, 3.8) is 0 Å². The van der Waals surface area contributed by atoms with Gasteiger partial charge in [0.1, 0.15) is 11.3 Å². The van der Waals surface area contributed by atoms with E-state index in [0.29, 0.717) is 17.7 Å². The molecule has 1 aromatic carbocycles. The maximum absolute atomic E-state index is 12.6. The molecule has 3 rings (SSSR count). The number of aromatic nitrogens is 4. The first kappa shape index (κ1) is 14.7. The Bertz CT molecular complexity index is 947. The average molecular weight is 309 g/mol. The molecule has 0 spiro atoms. The Balaban J connectivity index is 2.12. The van der Waals surface area contributed by atoms with Crippen LogP contribution in [0, 0.1) is 12.3 Å². The number of anilines is 1. The molecule has 0 aliphatic carbocycles. The Labute approximate surface area is 132 Å². The van der Waals surface area contributed by atoms with Gasteiger partial charge in [-0.15, -0.1) is 6.42 Å². The van der Waals surface area contributed by atoms with Crippen molar-refractivity contribution >= 4 is 17.1 Å². The first-order chi connectivity index (χ1) is 11.1. The van der Waals surface area contributed by atoms with Crippen LogP contribution in [0.15, 0.2) is 35.3 Å². The number of nitrogen functional groups attached to an aromatic ring is 1. The third kappa shape index (κ3) is 2.62. The summed E-state index contributed by atoms with van der Waals surface area (Å²) in [6.07, 6.45) is 6.86. The van der Waals surface area contributed by atoms with Crippen LogP contribution in [0.4, 0.5) is 5.95 Å². The molecule has 0 amide bonds. The van der Waals surface area contributed by atoms with E-state index in [0.717, 1.165) is 11.3 Å². The van der Waals surface area contributed by atoms with Crippen LogP contribution in [0.1, 0.15) is 5.56 Å². The van der Waals surface area contributed by atoms with Crippen molar-refractivity contribution in [3.05, 3.63) is 46.5 Å². The third-order valence-corrected chi connectivity index (χ3v) is 3.53. The van der Waals surface area contributed by atoms with Crippen molar-refractivity contribution in [3.8, 4) is 18.1 Å². The van der Waals surface area contributed by atoms with E-state index in [1.54, 1.807) is 7.11 Å². The molecule has 116 valence electrons. The van der Waals surface area contributed by atoms with Crippen molar-refractivity contribution in [2.75, 3.05) is 12.8 Å². The predicted molar refractivity (Wildman–Crippen MR) is 87.1 cm³/mol. The number of hydrogen-bond donors (Lipinski definition) is 1. The largest absolute Gasteiger partial charge is 0.497 e. The van der Waals surface area contributed by atoms with Crippen LogP contribution >= 0.6 is 0 Å². The third-order valence-electron chi connectivity index (χ3n) is 3.53. The van der Waals surface area contributed by atoms with Gasteiger partial charge in [-0.3, -0.25) is 9.13 Å². The second-order valence-corrected chi connectivity index (χ2v) is 4.94. The zero-order valence-electron chi connectivity index (χ0n) is 12.6. The maximum atomic E-state index is 12.6. The van der Waals surface area contributed by atoms with Gasteiger partial charge in [-0.1, -0.05) is 18.1 Å². The lowest BCUT2D eigenvalue weighted by atomic mass is 10.2. The SMILES string of the molecule is C#CCn1c(=O)n(Cc2ccc(OC)cc2)c2nc(N)ncc21. The first-order valence-electron chi connectivity index (χ1n) is 6.92. The topological polar surface area (TPSA) is 88.0 Å². The number of nitrogens with two attached hydrogens (primary N) is 1. The van der Waals surface area contributed by atoms with Crippen LogP contribution in [0.25, 0.3) is 11.2 Å². The fourth-order valence-electron chi connectivity index (χ4n) is 2.41. The molecular formula is C16H15N5O2. The van der Waals surface area contributed by atoms with Crippen LogP contribution in [-0.2, 0) is 13.1 Å². The van der Waals surface area contributed by atoms with Crippen LogP contribution in [0.2, 0.25) is 0 Å². The van der Waals surface area contributed by atoms with Crippen molar-refractivity contribution in [1.82, 2.24) is 19.1 Å². The van der Waals surface area contributed by atoms with Gasteiger partial charge in [0.15, 0.2) is 5.65 Å². The normalized spacial score (nSPS) is 10.6. The number of imidazole rings is 1. The van der Waals surface area contributed by atoms with Crippen molar-refractivity contribution < 1.29 is 4.74 Å². The lowest BCUT2D eigenvalue weighted by Gasteiger charge is -2.05. The highest BCUT2D eigenvalue weighted by atomic mass is 16.5. The number of ether oxygens (including phenoxy) is 1. The Kier molecular flexibility index (Phi) is 3.73. The molecule has 0 saturated heterocycles. The van der Waals surface area contributed by atoms with Crippen molar-refractivity contribution in [1.29, 1.82) is 0 Å². The Hall–Kier alpha value is -3.27. The van der Waals surface area contributed by atoms with Crippen LogP contribution < -0.4 is 16.2 Å². The number of hydrogen-bond acceptors (Lipinski definition) is 5. The molecule has 2 heterocycles. The molecule has 7 heteroatoms. The highest BCUT2D eigenvalue weighted by Gasteiger charge is 2.15. The minimum Gasteiger partial charge on any atom is -0.497 e. The van der Waals surface area contributed by atoms with E-state index >= 15 is 0 Å². The van der Waals surface area contributed by atoms with E-state index in [-0.39, 0.29) is 18.2 Å². The van der Waals surface area contributed by atoms with E-state index in [4.69, 9.17) is 16.9 Å². The fourth-order valence-corrected chi connectivity index (χ4v) is 2.41. The van der Waals surface area contributed by atoms with Gasteiger partial charge >= 0.3 is 5.69 Å². The van der Waals surface area contributed by atoms with Crippen LogP contribution in [-0.4, -0.2) is 26.2 Å². The monoisotopic (exact) mass is 309 g/mol. The van der Waals surface area contributed by atoms with E-state index in [1.165, 1.54) is 15.3 Å². The molecule has 0 atom stereocenters. The van der Waals surface area contributed by atoms with E-state index in [1.807, 2.05) is 24.3 Å². The maximum Gasteiger partial charge on any atom is 0.331 e. The number of terminal acetylenes is 1. The van der Waals surface area contributed by atoms with Gasteiger partial charge in [0.2, 0.25) is 5.95 Å². The highest BCUT2D eigenvalue weighted by molar-refractivity contribution is 5.72. The molecule has 2 N–H and O–H groups in total. The molecule has 0 bridgehead atoms. The summed E-state index contributed by atoms with van der Waals surface area (Å²) in [5, 5.41) is 0. The van der Waals surface area contributed by atoms with Crippen molar-refractivity contribution in [2.24, 2.45) is 0 Å². The smallest absolute Gasteiger partial charge is 0.331 e. The van der Waals surface area contributed by atoms with Gasteiger partial charge in [-0.05, 0) is 17.7 Å². The number of fused-ring (bicyclic) bond motifs is 1. The summed E-state index contributed by atoms with van der Waals surface area (Å²) in [7, 11) is 1.60. The Morgan fingerprint density at radius 2 is 2.04 bits per heavy atom. The van der Waals surface area contributed by atoms with Crippen molar-refractivity contribution in [2.45, 2.75) is 13.1 Å². The lowest BCUT2D eigenvalue weighted by molar-refractivity contribution is 0.414. The minimum atomic E-state index is -0.242. The minimum absolute atomic E-state index is 0.110. The van der Waals surface area contributed by atoms with Gasteiger partial charge in [0.05, 0.1) is 26.4 Å². The number of rotatable bonds is 4. The number of nitrogens with zero attached hydrogens (tertiary/aromatic N) is 4. The molecule has 0 aliphatic rings. The average Bonchev–Trinajstić information content (AvgIpc) is 2.81. The van der Waals surface area contributed by atoms with E-state index < -0.39 is 0 Å². The molecule has 7 nitrogen and oxygen atoms in total. The molecule has 2 aromatic heterocycles. The summed E-state index contributed by atoms with van der Waals surface area (Å²) < 4.78 is 8.12. The van der Waals surface area contributed by atoms with Gasteiger partial charge < -0.3 is 10.5 Å². The fraction of sp³-hybridized carbons (Fsp3) is 0.188. The lowest BCUT2D eigenvalue weighted by Crippen LogP contribution is -2.24. The summed E-state index contributed by atoms with van der Waals surface area (Å²) >= 11 is 0. The summed E-state index contributed by atoms with van der Waals surface area (Å²) in [6, 6.07) is 7.45. The predicted octanol–water partition coefficient (Wildman–Crippen LogP) is 0.865. The van der Waals surface area contributed by atoms with E-state index in [2.05, 4.69) is 15.9 Å². The van der Waals surface area contributed by atoms with Gasteiger partial charge in [-0.2, -0.15) is 4.98 Å². The summed E-state index contributed by atoms with van der Waals surface area (Å²) in [6.45, 7) is 0.506. The van der Waals surface area contributed by atoms with Gasteiger partial charge in [0.25, 0.3) is 0 Å².